The maximum Gasteiger partial charge on any atom is 0.304 e. The molecule has 1 unspecified atom stereocenters. The van der Waals surface area contributed by atoms with Crippen molar-refractivity contribution in [3.63, 3.8) is 0 Å². The minimum absolute atomic E-state index is 0.0172. The summed E-state index contributed by atoms with van der Waals surface area (Å²) in [6.07, 6.45) is 1.92. The molecule has 0 saturated carbocycles. The highest BCUT2D eigenvalue weighted by molar-refractivity contribution is 7.90. The van der Waals surface area contributed by atoms with Crippen LogP contribution in [-0.2, 0) is 19.7 Å². The van der Waals surface area contributed by atoms with Gasteiger partial charge in [-0.15, -0.1) is 0 Å². The van der Waals surface area contributed by atoms with Crippen molar-refractivity contribution in [2.24, 2.45) is 0 Å². The molecule has 0 aromatic heterocycles. The Kier molecular flexibility index (Phi) is 6.42. The number of amides is 1. The topological polar surface area (TPSA) is 79.0 Å². The predicted molar refractivity (Wildman–Crippen MR) is 97.9 cm³/mol. The zero-order valence-corrected chi connectivity index (χ0v) is 16.1. The highest BCUT2D eigenvalue weighted by Gasteiger charge is 2.28. The molecule has 1 heterocycles. The molecule has 0 aliphatic carbocycles. The van der Waals surface area contributed by atoms with Gasteiger partial charge in [-0.25, -0.2) is 4.31 Å². The Morgan fingerprint density at radius 2 is 2.04 bits per heavy atom. The first-order valence-electron chi connectivity index (χ1n) is 8.37. The van der Waals surface area contributed by atoms with Gasteiger partial charge in [0.15, 0.2) is 0 Å². The third-order valence-corrected chi connectivity index (χ3v) is 6.02. The number of hydrogen-bond acceptors (Lipinski definition) is 4. The molecule has 1 aromatic rings. The van der Waals surface area contributed by atoms with Gasteiger partial charge in [-0.1, -0.05) is 12.1 Å². The third-order valence-electron chi connectivity index (χ3n) is 4.21. The van der Waals surface area contributed by atoms with Crippen LogP contribution >= 0.6 is 0 Å². The average Bonchev–Trinajstić information content (AvgIpc) is 3.06. The number of carbonyl (C=O) groups excluding carboxylic acids is 1. The van der Waals surface area contributed by atoms with Crippen LogP contribution in [-0.4, -0.2) is 58.5 Å². The van der Waals surface area contributed by atoms with Crippen LogP contribution in [0.2, 0.25) is 0 Å². The van der Waals surface area contributed by atoms with Crippen molar-refractivity contribution in [3.05, 3.63) is 29.3 Å². The maximum absolute atomic E-state index is 12.7. The standard InChI is InChI=1S/C17H27N3O4S/c1-13-7-8-14(2)16(10-13)20(25(22,23)19(3)4)12-17(21)18-11-15-6-5-9-24-15/h7-8,10,15H,5-6,9,11-12H2,1-4H3,(H,18,21). The van der Waals surface area contributed by atoms with Crippen molar-refractivity contribution < 1.29 is 17.9 Å². The Bertz CT molecular complexity index is 713. The van der Waals surface area contributed by atoms with Gasteiger partial charge >= 0.3 is 10.2 Å². The van der Waals surface area contributed by atoms with E-state index >= 15 is 0 Å². The molecule has 1 saturated heterocycles. The Morgan fingerprint density at radius 3 is 2.64 bits per heavy atom. The summed E-state index contributed by atoms with van der Waals surface area (Å²) in [5.41, 5.74) is 2.24. The summed E-state index contributed by atoms with van der Waals surface area (Å²) in [6.45, 7) is 4.57. The van der Waals surface area contributed by atoms with Gasteiger partial charge in [0.2, 0.25) is 5.91 Å². The van der Waals surface area contributed by atoms with Crippen LogP contribution in [0.1, 0.15) is 24.0 Å². The molecular formula is C17H27N3O4S. The number of nitrogens with one attached hydrogen (secondary N) is 1. The first-order chi connectivity index (χ1) is 11.7. The van der Waals surface area contributed by atoms with Crippen LogP contribution in [0.15, 0.2) is 18.2 Å². The molecule has 140 valence electrons. The summed E-state index contributed by atoms with van der Waals surface area (Å²) in [5, 5.41) is 2.78. The van der Waals surface area contributed by atoms with Gasteiger partial charge in [0, 0.05) is 27.2 Å². The lowest BCUT2D eigenvalue weighted by Gasteiger charge is -2.28. The van der Waals surface area contributed by atoms with Gasteiger partial charge in [-0.3, -0.25) is 4.79 Å². The summed E-state index contributed by atoms with van der Waals surface area (Å²) in [7, 11) is -0.877. The highest BCUT2D eigenvalue weighted by atomic mass is 32.2. The second kappa shape index (κ2) is 8.16. The molecule has 7 nitrogen and oxygen atoms in total. The molecule has 25 heavy (non-hydrogen) atoms. The number of carbonyl (C=O) groups is 1. The molecule has 1 aromatic carbocycles. The van der Waals surface area contributed by atoms with E-state index < -0.39 is 10.2 Å². The molecule has 1 aliphatic rings. The molecule has 1 fully saturated rings. The van der Waals surface area contributed by atoms with Crippen LogP contribution in [0, 0.1) is 13.8 Å². The third kappa shape index (κ3) is 4.93. The lowest BCUT2D eigenvalue weighted by Crippen LogP contribution is -2.47. The van der Waals surface area contributed by atoms with Gasteiger partial charge in [0.05, 0.1) is 11.8 Å². The molecule has 0 radical (unpaired) electrons. The SMILES string of the molecule is Cc1ccc(C)c(N(CC(=O)NCC2CCCO2)S(=O)(=O)N(C)C)c1. The average molecular weight is 369 g/mol. The Morgan fingerprint density at radius 1 is 1.32 bits per heavy atom. The minimum atomic E-state index is -3.79. The first kappa shape index (κ1) is 19.7. The lowest BCUT2D eigenvalue weighted by molar-refractivity contribution is -0.120. The Labute approximate surface area is 150 Å². The number of aryl methyl sites for hydroxylation is 2. The molecule has 1 aliphatic heterocycles. The number of rotatable bonds is 7. The summed E-state index contributed by atoms with van der Waals surface area (Å²) < 4.78 is 33.2. The summed E-state index contributed by atoms with van der Waals surface area (Å²) >= 11 is 0. The van der Waals surface area contributed by atoms with E-state index in [1.807, 2.05) is 26.0 Å². The van der Waals surface area contributed by atoms with Crippen molar-refractivity contribution in [3.8, 4) is 0 Å². The fourth-order valence-corrected chi connectivity index (χ4v) is 3.82. The number of ether oxygens (including phenoxy) is 1. The van der Waals surface area contributed by atoms with Crippen LogP contribution in [0.5, 0.6) is 0 Å². The molecule has 0 spiro atoms. The largest absolute Gasteiger partial charge is 0.376 e. The van der Waals surface area contributed by atoms with E-state index in [0.29, 0.717) is 18.8 Å². The Balaban J connectivity index is 2.20. The Hall–Kier alpha value is -1.64. The molecule has 1 atom stereocenters. The fraction of sp³-hybridized carbons (Fsp3) is 0.588. The van der Waals surface area contributed by atoms with Gasteiger partial charge in [-0.2, -0.15) is 12.7 Å². The molecule has 1 N–H and O–H groups in total. The van der Waals surface area contributed by atoms with E-state index in [1.165, 1.54) is 14.1 Å². The summed E-state index contributed by atoms with van der Waals surface area (Å²) in [5.74, 6) is -0.346. The lowest BCUT2D eigenvalue weighted by atomic mass is 10.1. The minimum Gasteiger partial charge on any atom is -0.376 e. The normalized spacial score (nSPS) is 17.7. The van der Waals surface area contributed by atoms with Crippen molar-refractivity contribution in [1.29, 1.82) is 0 Å². The van der Waals surface area contributed by atoms with Crippen LogP contribution in [0.4, 0.5) is 5.69 Å². The second-order valence-corrected chi connectivity index (χ2v) is 8.59. The number of anilines is 1. The zero-order valence-electron chi connectivity index (χ0n) is 15.3. The van der Waals surface area contributed by atoms with E-state index in [1.54, 1.807) is 6.07 Å². The van der Waals surface area contributed by atoms with E-state index in [4.69, 9.17) is 4.74 Å². The van der Waals surface area contributed by atoms with E-state index in [-0.39, 0.29) is 18.6 Å². The van der Waals surface area contributed by atoms with Gasteiger partial charge in [0.1, 0.15) is 6.54 Å². The van der Waals surface area contributed by atoms with Crippen LogP contribution in [0.3, 0.4) is 0 Å². The summed E-state index contributed by atoms with van der Waals surface area (Å²) in [4.78, 5) is 12.4. The maximum atomic E-state index is 12.7. The predicted octanol–water partition coefficient (Wildman–Crippen LogP) is 1.21. The first-order valence-corrected chi connectivity index (χ1v) is 9.77. The van der Waals surface area contributed by atoms with E-state index in [9.17, 15) is 13.2 Å². The van der Waals surface area contributed by atoms with Crippen molar-refractivity contribution >= 4 is 21.8 Å². The molecule has 1 amide bonds. The van der Waals surface area contributed by atoms with E-state index in [0.717, 1.165) is 32.6 Å². The monoisotopic (exact) mass is 369 g/mol. The van der Waals surface area contributed by atoms with Gasteiger partial charge in [0.25, 0.3) is 0 Å². The van der Waals surface area contributed by atoms with E-state index in [2.05, 4.69) is 5.32 Å². The summed E-state index contributed by atoms with van der Waals surface area (Å²) in [6, 6.07) is 5.55. The van der Waals surface area contributed by atoms with Gasteiger partial charge < -0.3 is 10.1 Å². The number of nitrogens with zero attached hydrogens (tertiary/aromatic N) is 2. The second-order valence-electron chi connectivity index (χ2n) is 6.53. The van der Waals surface area contributed by atoms with Crippen molar-refractivity contribution in [1.82, 2.24) is 9.62 Å². The molecule has 0 bridgehead atoms. The van der Waals surface area contributed by atoms with Crippen molar-refractivity contribution in [2.45, 2.75) is 32.8 Å². The van der Waals surface area contributed by atoms with Crippen LogP contribution in [0.25, 0.3) is 0 Å². The number of hydrogen-bond donors (Lipinski definition) is 1. The molecular weight excluding hydrogens is 342 g/mol. The van der Waals surface area contributed by atoms with Crippen molar-refractivity contribution in [2.75, 3.05) is 38.1 Å². The number of benzene rings is 1. The quantitative estimate of drug-likeness (QED) is 0.784. The molecule has 8 heteroatoms. The fourth-order valence-electron chi connectivity index (χ4n) is 2.70. The highest BCUT2D eigenvalue weighted by Crippen LogP contribution is 2.25. The van der Waals surface area contributed by atoms with Gasteiger partial charge in [-0.05, 0) is 43.9 Å². The van der Waals surface area contributed by atoms with Crippen LogP contribution < -0.4 is 9.62 Å². The molecule has 2 rings (SSSR count). The smallest absolute Gasteiger partial charge is 0.304 e. The zero-order chi connectivity index (χ0) is 18.6.